The lowest BCUT2D eigenvalue weighted by atomic mass is 10.2. The number of nitrogens with one attached hydrogen (secondary N) is 1. The van der Waals surface area contributed by atoms with E-state index in [9.17, 15) is 13.2 Å². The van der Waals surface area contributed by atoms with Crippen molar-refractivity contribution in [2.75, 3.05) is 11.9 Å². The molecule has 0 saturated carbocycles. The van der Waals surface area contributed by atoms with Crippen molar-refractivity contribution in [3.63, 3.8) is 0 Å². The zero-order valence-electron chi connectivity index (χ0n) is 9.52. The second-order valence-corrected chi connectivity index (χ2v) is 4.04. The van der Waals surface area contributed by atoms with E-state index in [1.54, 1.807) is 0 Å². The van der Waals surface area contributed by atoms with Gasteiger partial charge in [-0.15, -0.1) is 12.3 Å². The molecule has 0 fully saturated rings. The van der Waals surface area contributed by atoms with Gasteiger partial charge in [0.25, 0.3) is 0 Å². The third kappa shape index (κ3) is 4.84. The number of terminal acetylenes is 1. The number of rotatable bonds is 5. The highest BCUT2D eigenvalue weighted by Gasteiger charge is 2.31. The van der Waals surface area contributed by atoms with Gasteiger partial charge in [-0.3, -0.25) is 0 Å². The van der Waals surface area contributed by atoms with Crippen LogP contribution >= 0.6 is 11.6 Å². The molecule has 98 valence electrons. The smallest absolute Gasteiger partial charge is 0.370 e. The zero-order valence-corrected chi connectivity index (χ0v) is 10.3. The van der Waals surface area contributed by atoms with E-state index in [0.29, 0.717) is 13.0 Å². The van der Waals surface area contributed by atoms with Crippen LogP contribution in [0.25, 0.3) is 0 Å². The highest BCUT2D eigenvalue weighted by Crippen LogP contribution is 2.31. The molecular weight excluding hydrogens is 265 g/mol. The molecule has 1 N–H and O–H groups in total. The number of hydrogen-bond acceptors (Lipinski definition) is 2. The summed E-state index contributed by atoms with van der Waals surface area (Å²) in [6, 6.07) is 1.73. The Morgan fingerprint density at radius 3 is 2.67 bits per heavy atom. The van der Waals surface area contributed by atoms with Crippen molar-refractivity contribution in [1.82, 2.24) is 4.98 Å². The Hall–Kier alpha value is -1.41. The second-order valence-electron chi connectivity index (χ2n) is 3.65. The van der Waals surface area contributed by atoms with Crippen molar-refractivity contribution in [1.29, 1.82) is 0 Å². The quantitative estimate of drug-likeness (QED) is 0.500. The highest BCUT2D eigenvalue weighted by molar-refractivity contribution is 6.29. The lowest BCUT2D eigenvalue weighted by Crippen LogP contribution is -2.09. The fraction of sp³-hybridized carbons (Fsp3) is 0.417. The predicted molar refractivity (Wildman–Crippen MR) is 65.4 cm³/mol. The molecule has 0 aromatic carbocycles. The Labute approximate surface area is 109 Å². The van der Waals surface area contributed by atoms with Crippen LogP contribution in [0.2, 0.25) is 5.15 Å². The van der Waals surface area contributed by atoms with Crippen LogP contribution in [-0.2, 0) is 6.18 Å². The minimum Gasteiger partial charge on any atom is -0.370 e. The molecule has 0 aliphatic carbocycles. The summed E-state index contributed by atoms with van der Waals surface area (Å²) in [7, 11) is 0. The largest absolute Gasteiger partial charge is 0.416 e. The minimum absolute atomic E-state index is 0.121. The highest BCUT2D eigenvalue weighted by atomic mass is 35.5. The van der Waals surface area contributed by atoms with Gasteiger partial charge in [0.2, 0.25) is 0 Å². The van der Waals surface area contributed by atoms with Crippen molar-refractivity contribution in [2.24, 2.45) is 0 Å². The van der Waals surface area contributed by atoms with Crippen molar-refractivity contribution < 1.29 is 13.2 Å². The first-order chi connectivity index (χ1) is 8.43. The van der Waals surface area contributed by atoms with Crippen LogP contribution in [0.5, 0.6) is 0 Å². The first-order valence-corrected chi connectivity index (χ1v) is 5.73. The summed E-state index contributed by atoms with van der Waals surface area (Å²) in [4.78, 5) is 3.78. The average Bonchev–Trinajstić information content (AvgIpc) is 2.27. The summed E-state index contributed by atoms with van der Waals surface area (Å²) in [6.45, 7) is 0.506. The number of nitrogens with zero attached hydrogens (tertiary/aromatic N) is 1. The predicted octanol–water partition coefficient (Wildman–Crippen LogP) is 3.97. The molecule has 0 atom stereocenters. The van der Waals surface area contributed by atoms with Crippen molar-refractivity contribution in [3.8, 4) is 12.3 Å². The van der Waals surface area contributed by atoms with E-state index in [2.05, 4.69) is 16.2 Å². The molecule has 0 saturated heterocycles. The maximum Gasteiger partial charge on any atom is 0.416 e. The fourth-order valence-electron chi connectivity index (χ4n) is 1.32. The molecule has 1 aromatic heterocycles. The fourth-order valence-corrected chi connectivity index (χ4v) is 1.53. The van der Waals surface area contributed by atoms with Gasteiger partial charge in [-0.05, 0) is 25.0 Å². The van der Waals surface area contributed by atoms with Gasteiger partial charge in [-0.2, -0.15) is 13.2 Å². The molecule has 6 heteroatoms. The van der Waals surface area contributed by atoms with E-state index in [1.807, 2.05) is 0 Å². The van der Waals surface area contributed by atoms with Crippen LogP contribution < -0.4 is 5.32 Å². The Morgan fingerprint density at radius 2 is 2.06 bits per heavy atom. The molecule has 1 aromatic rings. The van der Waals surface area contributed by atoms with Crippen LogP contribution in [0, 0.1) is 12.3 Å². The maximum atomic E-state index is 12.5. The minimum atomic E-state index is -4.42. The molecule has 0 aliphatic heterocycles. The molecule has 0 radical (unpaired) electrons. The summed E-state index contributed by atoms with van der Waals surface area (Å²) in [5.74, 6) is 2.61. The Balaban J connectivity index is 2.61. The van der Waals surface area contributed by atoms with Crippen LogP contribution in [0.4, 0.5) is 19.0 Å². The summed E-state index contributed by atoms with van der Waals surface area (Å²) in [6.07, 6.45) is 2.89. The summed E-state index contributed by atoms with van der Waals surface area (Å²) in [5, 5.41) is 2.61. The number of hydrogen-bond donors (Lipinski definition) is 1. The van der Waals surface area contributed by atoms with Gasteiger partial charge in [0.15, 0.2) is 0 Å². The lowest BCUT2D eigenvalue weighted by molar-refractivity contribution is -0.137. The number of unbranched alkanes of at least 4 members (excludes halogenated alkanes) is 2. The number of alkyl halides is 3. The summed E-state index contributed by atoms with van der Waals surface area (Å²) < 4.78 is 37.5. The first kappa shape index (κ1) is 14.7. The molecular formula is C12H12ClF3N2. The Kier molecular flexibility index (Phi) is 5.29. The zero-order chi connectivity index (χ0) is 13.6. The van der Waals surface area contributed by atoms with Gasteiger partial charge < -0.3 is 5.32 Å². The van der Waals surface area contributed by atoms with Crippen LogP contribution in [0.1, 0.15) is 24.8 Å². The van der Waals surface area contributed by atoms with Crippen LogP contribution in [0.3, 0.4) is 0 Å². The average molecular weight is 277 g/mol. The van der Waals surface area contributed by atoms with E-state index >= 15 is 0 Å². The molecule has 1 heterocycles. The van der Waals surface area contributed by atoms with Crippen LogP contribution in [-0.4, -0.2) is 11.5 Å². The van der Waals surface area contributed by atoms with Gasteiger partial charge in [-0.1, -0.05) is 11.6 Å². The topological polar surface area (TPSA) is 24.9 Å². The van der Waals surface area contributed by atoms with Crippen molar-refractivity contribution in [2.45, 2.75) is 25.4 Å². The van der Waals surface area contributed by atoms with Gasteiger partial charge in [0.05, 0.1) is 5.56 Å². The van der Waals surface area contributed by atoms with Gasteiger partial charge >= 0.3 is 6.18 Å². The van der Waals surface area contributed by atoms with E-state index in [-0.39, 0.29) is 11.0 Å². The van der Waals surface area contributed by atoms with Gasteiger partial charge in [-0.25, -0.2) is 4.98 Å². The molecule has 2 nitrogen and oxygen atoms in total. The van der Waals surface area contributed by atoms with Crippen LogP contribution in [0.15, 0.2) is 12.1 Å². The lowest BCUT2D eigenvalue weighted by Gasteiger charge is -2.10. The second kappa shape index (κ2) is 6.50. The van der Waals surface area contributed by atoms with E-state index in [0.717, 1.165) is 25.0 Å². The maximum absolute atomic E-state index is 12.5. The third-order valence-electron chi connectivity index (χ3n) is 2.18. The third-order valence-corrected chi connectivity index (χ3v) is 2.37. The van der Waals surface area contributed by atoms with Crippen molar-refractivity contribution >= 4 is 17.4 Å². The number of pyridine rings is 1. The Morgan fingerprint density at radius 1 is 1.33 bits per heavy atom. The number of aromatic nitrogens is 1. The summed E-state index contributed by atoms with van der Waals surface area (Å²) in [5.41, 5.74) is -0.811. The van der Waals surface area contributed by atoms with E-state index in [1.165, 1.54) is 0 Å². The van der Waals surface area contributed by atoms with Gasteiger partial charge in [0.1, 0.15) is 11.0 Å². The molecule has 0 amide bonds. The van der Waals surface area contributed by atoms with E-state index in [4.69, 9.17) is 18.0 Å². The first-order valence-electron chi connectivity index (χ1n) is 5.35. The molecule has 0 bridgehead atoms. The molecule has 0 aliphatic rings. The number of halogens is 4. The molecule has 18 heavy (non-hydrogen) atoms. The SMILES string of the molecule is C#CCCCCNc1cc(C(F)(F)F)cc(Cl)n1. The normalized spacial score (nSPS) is 11.1. The standard InChI is InChI=1S/C12H12ClF3N2/c1-2-3-4-5-6-17-11-8-9(12(14,15)16)7-10(13)18-11/h1,7-8H,3-6H2,(H,17,18). The molecule has 1 rings (SSSR count). The summed E-state index contributed by atoms with van der Waals surface area (Å²) >= 11 is 5.54. The Bertz CT molecular complexity index is 438. The molecule has 0 spiro atoms. The molecule has 0 unspecified atom stereocenters. The monoisotopic (exact) mass is 276 g/mol. The number of anilines is 1. The van der Waals surface area contributed by atoms with E-state index < -0.39 is 11.7 Å². The van der Waals surface area contributed by atoms with Crippen molar-refractivity contribution in [3.05, 3.63) is 22.8 Å². The van der Waals surface area contributed by atoms with Gasteiger partial charge in [0, 0.05) is 13.0 Å².